The monoisotopic (exact) mass is 256 g/mol. The maximum Gasteiger partial charge on any atom is 0.165 e. The molecule has 4 heteroatoms. The summed E-state index contributed by atoms with van der Waals surface area (Å²) in [5.41, 5.74) is 2.26. The Morgan fingerprint density at radius 3 is 2.84 bits per heavy atom. The van der Waals surface area contributed by atoms with Crippen molar-refractivity contribution in [1.29, 1.82) is 0 Å². The van der Waals surface area contributed by atoms with E-state index in [9.17, 15) is 0 Å². The van der Waals surface area contributed by atoms with Crippen molar-refractivity contribution in [3.63, 3.8) is 0 Å². The molecule has 1 unspecified atom stereocenters. The number of rotatable bonds is 5. The molecule has 0 radical (unpaired) electrons. The van der Waals surface area contributed by atoms with Gasteiger partial charge in [-0.1, -0.05) is 25.0 Å². The molecule has 1 aromatic heterocycles. The van der Waals surface area contributed by atoms with Crippen LogP contribution in [0.25, 0.3) is 11.4 Å². The molecule has 19 heavy (non-hydrogen) atoms. The normalized spacial score (nSPS) is 16.3. The molecule has 1 heterocycles. The number of hydrogen-bond donors (Lipinski definition) is 1. The van der Waals surface area contributed by atoms with Crippen LogP contribution in [0, 0.1) is 5.92 Å². The Labute approximate surface area is 113 Å². The molecule has 1 aromatic carbocycles. The highest BCUT2D eigenvalue weighted by atomic mass is 15.2. The van der Waals surface area contributed by atoms with Crippen molar-refractivity contribution < 1.29 is 0 Å². The van der Waals surface area contributed by atoms with Crippen molar-refractivity contribution in [2.24, 2.45) is 13.0 Å². The molecule has 0 bridgehead atoms. The fourth-order valence-electron chi connectivity index (χ4n) is 2.51. The molecule has 1 atom stereocenters. The van der Waals surface area contributed by atoms with Gasteiger partial charge in [0.1, 0.15) is 6.33 Å². The van der Waals surface area contributed by atoms with Gasteiger partial charge < -0.3 is 9.88 Å². The molecule has 100 valence electrons. The van der Waals surface area contributed by atoms with Gasteiger partial charge in [-0.2, -0.15) is 0 Å². The van der Waals surface area contributed by atoms with Gasteiger partial charge in [0.05, 0.1) is 0 Å². The average Bonchev–Trinajstić information content (AvgIpc) is 3.10. The second-order valence-corrected chi connectivity index (χ2v) is 5.54. The number of aromatic nitrogens is 3. The van der Waals surface area contributed by atoms with E-state index in [0.717, 1.165) is 23.0 Å². The largest absolute Gasteiger partial charge is 0.382 e. The zero-order valence-electron chi connectivity index (χ0n) is 11.5. The van der Waals surface area contributed by atoms with Gasteiger partial charge in [-0.05, 0) is 31.4 Å². The summed E-state index contributed by atoms with van der Waals surface area (Å²) >= 11 is 0. The van der Waals surface area contributed by atoms with Crippen molar-refractivity contribution in [1.82, 2.24) is 14.8 Å². The number of aryl methyl sites for hydroxylation is 1. The van der Waals surface area contributed by atoms with E-state index in [1.165, 1.54) is 19.3 Å². The van der Waals surface area contributed by atoms with Gasteiger partial charge in [0, 0.05) is 24.3 Å². The van der Waals surface area contributed by atoms with Crippen LogP contribution in [0.15, 0.2) is 30.6 Å². The number of nitrogens with one attached hydrogen (secondary N) is 1. The summed E-state index contributed by atoms with van der Waals surface area (Å²) in [4.78, 5) is 0. The number of anilines is 1. The van der Waals surface area contributed by atoms with Crippen LogP contribution in [0.1, 0.15) is 26.2 Å². The molecular formula is C15H20N4. The topological polar surface area (TPSA) is 42.7 Å². The summed E-state index contributed by atoms with van der Waals surface area (Å²) in [6.07, 6.45) is 5.79. The van der Waals surface area contributed by atoms with Gasteiger partial charge in [0.25, 0.3) is 0 Å². The molecule has 0 amide bonds. The van der Waals surface area contributed by atoms with E-state index in [4.69, 9.17) is 0 Å². The van der Waals surface area contributed by atoms with Crippen molar-refractivity contribution in [2.45, 2.75) is 32.2 Å². The minimum absolute atomic E-state index is 0.502. The van der Waals surface area contributed by atoms with Gasteiger partial charge in [0.2, 0.25) is 0 Å². The quantitative estimate of drug-likeness (QED) is 0.894. The van der Waals surface area contributed by atoms with Crippen LogP contribution in [-0.2, 0) is 7.05 Å². The third-order valence-electron chi connectivity index (χ3n) is 3.67. The zero-order valence-corrected chi connectivity index (χ0v) is 11.5. The Morgan fingerprint density at radius 1 is 1.37 bits per heavy atom. The first-order valence-electron chi connectivity index (χ1n) is 6.94. The molecule has 1 N–H and O–H groups in total. The number of para-hydroxylation sites is 1. The lowest BCUT2D eigenvalue weighted by molar-refractivity contribution is 0.642. The molecule has 1 fully saturated rings. The molecule has 2 aromatic rings. The average molecular weight is 256 g/mol. The Hall–Kier alpha value is -1.84. The minimum atomic E-state index is 0.502. The van der Waals surface area contributed by atoms with Crippen LogP contribution >= 0.6 is 0 Å². The van der Waals surface area contributed by atoms with E-state index < -0.39 is 0 Å². The summed E-state index contributed by atoms with van der Waals surface area (Å²) in [5.74, 6) is 1.84. The van der Waals surface area contributed by atoms with Crippen molar-refractivity contribution in [2.75, 3.05) is 5.32 Å². The third-order valence-corrected chi connectivity index (χ3v) is 3.67. The molecule has 1 aliphatic carbocycles. The Balaban J connectivity index is 1.82. The molecule has 4 nitrogen and oxygen atoms in total. The summed E-state index contributed by atoms with van der Waals surface area (Å²) in [5, 5.41) is 11.8. The van der Waals surface area contributed by atoms with E-state index >= 15 is 0 Å². The fraction of sp³-hybridized carbons (Fsp3) is 0.467. The molecule has 0 saturated heterocycles. The Morgan fingerprint density at radius 2 is 2.16 bits per heavy atom. The molecule has 0 spiro atoms. The lowest BCUT2D eigenvalue weighted by Gasteiger charge is -2.17. The van der Waals surface area contributed by atoms with E-state index in [1.54, 1.807) is 6.33 Å². The Kier molecular flexibility index (Phi) is 3.23. The second-order valence-electron chi connectivity index (χ2n) is 5.54. The standard InChI is InChI=1S/C15H20N4/c1-11(9-12-7-8-12)17-14-6-4-3-5-13(14)15-18-16-10-19(15)2/h3-6,10-12,17H,7-9H2,1-2H3. The highest BCUT2D eigenvalue weighted by Gasteiger charge is 2.23. The first-order chi connectivity index (χ1) is 9.24. The first-order valence-corrected chi connectivity index (χ1v) is 6.94. The van der Waals surface area contributed by atoms with Crippen LogP contribution in [0.5, 0.6) is 0 Å². The van der Waals surface area contributed by atoms with E-state index in [2.05, 4.69) is 40.6 Å². The Bertz CT molecular complexity index is 557. The highest BCUT2D eigenvalue weighted by Crippen LogP contribution is 2.35. The number of benzene rings is 1. The first kappa shape index (κ1) is 12.2. The van der Waals surface area contributed by atoms with Gasteiger partial charge in [0.15, 0.2) is 5.82 Å². The van der Waals surface area contributed by atoms with Crippen LogP contribution in [-0.4, -0.2) is 20.8 Å². The lowest BCUT2D eigenvalue weighted by atomic mass is 10.1. The smallest absolute Gasteiger partial charge is 0.165 e. The van der Waals surface area contributed by atoms with Crippen LogP contribution < -0.4 is 5.32 Å². The number of hydrogen-bond acceptors (Lipinski definition) is 3. The second kappa shape index (κ2) is 5.03. The molecule has 0 aliphatic heterocycles. The minimum Gasteiger partial charge on any atom is -0.382 e. The van der Waals surface area contributed by atoms with Gasteiger partial charge in [-0.25, -0.2) is 0 Å². The molecular weight excluding hydrogens is 236 g/mol. The van der Waals surface area contributed by atoms with Crippen LogP contribution in [0.4, 0.5) is 5.69 Å². The number of nitrogens with zero attached hydrogens (tertiary/aromatic N) is 3. The van der Waals surface area contributed by atoms with Gasteiger partial charge in [-0.15, -0.1) is 10.2 Å². The van der Waals surface area contributed by atoms with Gasteiger partial charge >= 0.3 is 0 Å². The van der Waals surface area contributed by atoms with Crippen molar-refractivity contribution in [3.05, 3.63) is 30.6 Å². The fourth-order valence-corrected chi connectivity index (χ4v) is 2.51. The zero-order chi connectivity index (χ0) is 13.2. The van der Waals surface area contributed by atoms with E-state index in [0.29, 0.717) is 6.04 Å². The van der Waals surface area contributed by atoms with Gasteiger partial charge in [-0.3, -0.25) is 0 Å². The lowest BCUT2D eigenvalue weighted by Crippen LogP contribution is -2.16. The third kappa shape index (κ3) is 2.78. The maximum absolute atomic E-state index is 4.20. The molecule has 1 saturated carbocycles. The van der Waals surface area contributed by atoms with E-state index in [-0.39, 0.29) is 0 Å². The summed E-state index contributed by atoms with van der Waals surface area (Å²) < 4.78 is 1.95. The van der Waals surface area contributed by atoms with E-state index in [1.807, 2.05) is 17.7 Å². The summed E-state index contributed by atoms with van der Waals surface area (Å²) in [6.45, 7) is 2.26. The SMILES string of the molecule is CC(CC1CC1)Nc1ccccc1-c1nncn1C. The van der Waals surface area contributed by atoms with Crippen LogP contribution in [0.3, 0.4) is 0 Å². The van der Waals surface area contributed by atoms with Crippen molar-refractivity contribution in [3.8, 4) is 11.4 Å². The highest BCUT2D eigenvalue weighted by molar-refractivity contribution is 5.73. The maximum atomic E-state index is 4.20. The van der Waals surface area contributed by atoms with Crippen LogP contribution in [0.2, 0.25) is 0 Å². The summed E-state index contributed by atoms with van der Waals surface area (Å²) in [6, 6.07) is 8.82. The molecule has 3 rings (SSSR count). The predicted molar refractivity (Wildman–Crippen MR) is 76.9 cm³/mol. The predicted octanol–water partition coefficient (Wildman–Crippen LogP) is 3.08. The molecule has 1 aliphatic rings. The van der Waals surface area contributed by atoms with Crippen molar-refractivity contribution >= 4 is 5.69 Å². The summed E-state index contributed by atoms with van der Waals surface area (Å²) in [7, 11) is 1.97.